The van der Waals surface area contributed by atoms with Crippen LogP contribution >= 0.6 is 0 Å². The SMILES string of the molecule is C=CC(=O)N1CCN(c2nc(=O)n3c4nc(c(F)cc24)-c2c(F)cccc2OCCCCC(/C=C\N=C)=C\3C)[C@@H](C)C1. The molecule has 2 aliphatic rings. The lowest BCUT2D eigenvalue weighted by molar-refractivity contribution is -0.126. The van der Waals surface area contributed by atoms with Crippen molar-refractivity contribution in [3.63, 3.8) is 0 Å². The van der Waals surface area contributed by atoms with Crippen LogP contribution in [0, 0.1) is 11.6 Å². The van der Waals surface area contributed by atoms with E-state index in [1.807, 2.05) is 11.8 Å². The Balaban J connectivity index is 1.81. The van der Waals surface area contributed by atoms with E-state index in [1.165, 1.54) is 35.0 Å². The Labute approximate surface area is 242 Å². The molecule has 2 aliphatic heterocycles. The number of carbonyl (C=O) groups excluding carboxylic acids is 1. The van der Waals surface area contributed by atoms with E-state index in [-0.39, 0.29) is 52.4 Å². The second kappa shape index (κ2) is 12.1. The predicted molar refractivity (Wildman–Crippen MR) is 160 cm³/mol. The van der Waals surface area contributed by atoms with Gasteiger partial charge in [0, 0.05) is 37.6 Å². The van der Waals surface area contributed by atoms with Crippen LogP contribution in [-0.4, -0.2) is 64.3 Å². The van der Waals surface area contributed by atoms with E-state index in [1.54, 1.807) is 24.0 Å². The quantitative estimate of drug-likeness (QED) is 0.323. The smallest absolute Gasteiger partial charge is 0.355 e. The summed E-state index contributed by atoms with van der Waals surface area (Å²) in [5, 5.41) is 0.282. The highest BCUT2D eigenvalue weighted by molar-refractivity contribution is 5.92. The highest BCUT2D eigenvalue weighted by Gasteiger charge is 2.30. The zero-order valence-electron chi connectivity index (χ0n) is 23.6. The molecule has 1 fully saturated rings. The lowest BCUT2D eigenvalue weighted by Crippen LogP contribution is -2.54. The number of aromatic nitrogens is 3. The minimum Gasteiger partial charge on any atom is -0.493 e. The molecule has 9 nitrogen and oxygen atoms in total. The number of nitrogens with zero attached hydrogens (tertiary/aromatic N) is 6. The summed E-state index contributed by atoms with van der Waals surface area (Å²) in [6.45, 7) is 12.1. The Morgan fingerprint density at radius 1 is 1.19 bits per heavy atom. The van der Waals surface area contributed by atoms with Crippen LogP contribution in [0.3, 0.4) is 0 Å². The molecule has 2 bridgehead atoms. The lowest BCUT2D eigenvalue weighted by Gasteiger charge is -2.40. The third-order valence-corrected chi connectivity index (χ3v) is 7.68. The third kappa shape index (κ3) is 5.34. The number of benzene rings is 1. The van der Waals surface area contributed by atoms with Crippen LogP contribution in [0.5, 0.6) is 5.75 Å². The minimum atomic E-state index is -0.786. The number of halogens is 2. The van der Waals surface area contributed by atoms with Gasteiger partial charge >= 0.3 is 5.69 Å². The van der Waals surface area contributed by atoms with Gasteiger partial charge in [-0.15, -0.1) is 0 Å². The van der Waals surface area contributed by atoms with Crippen LogP contribution in [0.15, 0.2) is 64.6 Å². The third-order valence-electron chi connectivity index (χ3n) is 7.68. The topological polar surface area (TPSA) is 92.9 Å². The molecule has 1 atom stereocenters. The van der Waals surface area contributed by atoms with Gasteiger partial charge in [-0.3, -0.25) is 9.79 Å². The molecular weight excluding hydrogens is 542 g/mol. The molecule has 0 N–H and O–H groups in total. The average Bonchev–Trinajstić information content (AvgIpc) is 2.98. The van der Waals surface area contributed by atoms with Gasteiger partial charge in [-0.2, -0.15) is 4.98 Å². The first-order chi connectivity index (χ1) is 20.2. The molecule has 218 valence electrons. The Kier molecular flexibility index (Phi) is 8.28. The van der Waals surface area contributed by atoms with Crippen molar-refractivity contribution in [1.82, 2.24) is 19.4 Å². The van der Waals surface area contributed by atoms with Crippen molar-refractivity contribution >= 4 is 35.2 Å². The number of hydrogen-bond acceptors (Lipinski definition) is 7. The number of amides is 1. The number of pyridine rings is 1. The molecule has 0 radical (unpaired) electrons. The number of aliphatic imine (C=N–C) groups is 1. The van der Waals surface area contributed by atoms with Gasteiger partial charge in [-0.05, 0) is 75.8 Å². The van der Waals surface area contributed by atoms with Gasteiger partial charge in [0.05, 0.1) is 17.6 Å². The van der Waals surface area contributed by atoms with Crippen molar-refractivity contribution in [2.24, 2.45) is 4.99 Å². The molecule has 0 spiro atoms. The molecule has 1 saturated heterocycles. The fourth-order valence-electron chi connectivity index (χ4n) is 5.53. The van der Waals surface area contributed by atoms with Gasteiger partial charge in [0.1, 0.15) is 23.1 Å². The summed E-state index contributed by atoms with van der Waals surface area (Å²) in [7, 11) is 0. The standard InChI is InChI=1S/C31H32F2N6O3/c1-5-26(40)37-14-15-38(19(2)18-37)29-22-17-24(33)28-27-23(32)10-8-11-25(27)42-16-7-6-9-21(12-13-34-4)20(3)39(30(22)35-28)31(41)36-29/h5,8,10-13,17,19H,1,4,6-7,9,14-16,18H2,2-3H3/b13-12-,21-20+/t19-/m0/s1. The number of allylic oxidation sites excluding steroid dienone is 3. The molecule has 42 heavy (non-hydrogen) atoms. The van der Waals surface area contributed by atoms with Crippen LogP contribution < -0.4 is 15.3 Å². The van der Waals surface area contributed by atoms with E-state index in [2.05, 4.69) is 28.3 Å². The second-order valence-corrected chi connectivity index (χ2v) is 10.3. The summed E-state index contributed by atoms with van der Waals surface area (Å²) in [6, 6.07) is 5.30. The molecule has 11 heteroatoms. The highest BCUT2D eigenvalue weighted by atomic mass is 19.1. The maximum Gasteiger partial charge on any atom is 0.355 e. The summed E-state index contributed by atoms with van der Waals surface area (Å²) in [5.74, 6) is -1.26. The highest BCUT2D eigenvalue weighted by Crippen LogP contribution is 2.37. The van der Waals surface area contributed by atoms with Crippen LogP contribution in [0.1, 0.15) is 33.1 Å². The molecule has 1 amide bonds. The Morgan fingerprint density at radius 3 is 2.74 bits per heavy atom. The lowest BCUT2D eigenvalue weighted by atomic mass is 10.1. The van der Waals surface area contributed by atoms with Crippen molar-refractivity contribution in [1.29, 1.82) is 0 Å². The van der Waals surface area contributed by atoms with Gasteiger partial charge in [0.2, 0.25) is 5.91 Å². The van der Waals surface area contributed by atoms with E-state index in [9.17, 15) is 9.59 Å². The van der Waals surface area contributed by atoms with E-state index in [0.717, 1.165) is 5.57 Å². The molecule has 0 aliphatic carbocycles. The number of carbonyl (C=O) groups is 1. The zero-order valence-corrected chi connectivity index (χ0v) is 23.6. The van der Waals surface area contributed by atoms with Gasteiger partial charge in [-0.25, -0.2) is 23.1 Å². The fraction of sp³-hybridized carbons (Fsp3) is 0.323. The second-order valence-electron chi connectivity index (χ2n) is 10.3. The summed E-state index contributed by atoms with van der Waals surface area (Å²) in [4.78, 5) is 42.4. The molecule has 4 heterocycles. The number of hydrogen-bond donors (Lipinski definition) is 0. The van der Waals surface area contributed by atoms with E-state index < -0.39 is 17.3 Å². The predicted octanol–water partition coefficient (Wildman–Crippen LogP) is 4.97. The molecule has 3 aromatic rings. The first-order valence-electron chi connectivity index (χ1n) is 13.8. The Hall–Kier alpha value is -4.67. The largest absolute Gasteiger partial charge is 0.493 e. The molecule has 0 unspecified atom stereocenters. The van der Waals surface area contributed by atoms with E-state index in [0.29, 0.717) is 44.6 Å². The first-order valence-corrected chi connectivity index (χ1v) is 13.8. The van der Waals surface area contributed by atoms with Crippen molar-refractivity contribution in [3.05, 3.63) is 76.9 Å². The van der Waals surface area contributed by atoms with E-state index in [4.69, 9.17) is 4.74 Å². The van der Waals surface area contributed by atoms with Crippen LogP contribution in [-0.2, 0) is 4.79 Å². The van der Waals surface area contributed by atoms with Crippen molar-refractivity contribution < 1.29 is 18.3 Å². The summed E-state index contributed by atoms with van der Waals surface area (Å²) in [5.41, 5.74) is 0.456. The number of ether oxygens (including phenoxy) is 1. The van der Waals surface area contributed by atoms with Crippen LogP contribution in [0.2, 0.25) is 0 Å². The van der Waals surface area contributed by atoms with Crippen molar-refractivity contribution in [3.8, 4) is 17.0 Å². The number of anilines is 1. The van der Waals surface area contributed by atoms with Crippen molar-refractivity contribution in [2.75, 3.05) is 31.1 Å². The Morgan fingerprint density at radius 2 is 2.00 bits per heavy atom. The van der Waals surface area contributed by atoms with Crippen LogP contribution in [0.4, 0.5) is 14.6 Å². The average molecular weight is 575 g/mol. The van der Waals surface area contributed by atoms with Gasteiger partial charge in [-0.1, -0.05) is 12.6 Å². The molecule has 1 aromatic carbocycles. The van der Waals surface area contributed by atoms with E-state index >= 15 is 8.78 Å². The number of rotatable bonds is 4. The van der Waals surface area contributed by atoms with Crippen LogP contribution in [0.25, 0.3) is 28.0 Å². The zero-order chi connectivity index (χ0) is 30.0. The maximum absolute atomic E-state index is 16.0. The molecule has 2 aromatic heterocycles. The molecule has 0 saturated carbocycles. The number of piperazine rings is 1. The van der Waals surface area contributed by atoms with Crippen molar-refractivity contribution in [2.45, 2.75) is 39.2 Å². The maximum atomic E-state index is 16.0. The minimum absolute atomic E-state index is 0.115. The fourth-order valence-corrected chi connectivity index (χ4v) is 5.53. The van der Waals surface area contributed by atoms with Gasteiger partial charge < -0.3 is 14.5 Å². The summed E-state index contributed by atoms with van der Waals surface area (Å²) < 4.78 is 38.5. The van der Waals surface area contributed by atoms with Gasteiger partial charge in [0.15, 0.2) is 11.5 Å². The molecular formula is C31H32F2N6O3. The Bertz CT molecular complexity index is 1700. The monoisotopic (exact) mass is 574 g/mol. The number of fused-ring (bicyclic) bond motifs is 3. The van der Waals surface area contributed by atoms with Gasteiger partial charge in [0.25, 0.3) is 0 Å². The first kappa shape index (κ1) is 28.8. The summed E-state index contributed by atoms with van der Waals surface area (Å²) in [6.07, 6.45) is 6.49. The summed E-state index contributed by atoms with van der Waals surface area (Å²) >= 11 is 0. The molecule has 5 rings (SSSR count). The normalized spacial score (nSPS) is 19.6.